The Morgan fingerprint density at radius 1 is 0.833 bits per heavy atom. The molecule has 3 aromatic rings. The second-order valence-electron chi connectivity index (χ2n) is 14.3. The van der Waals surface area contributed by atoms with Crippen LogP contribution in [0.3, 0.4) is 0 Å². The highest BCUT2D eigenvalue weighted by Gasteiger charge is 2.31. The molecule has 2 fully saturated rings. The van der Waals surface area contributed by atoms with Crippen LogP contribution in [0.4, 0.5) is 17.8 Å². The van der Waals surface area contributed by atoms with E-state index in [-0.39, 0.29) is 44.0 Å². The first-order chi connectivity index (χ1) is 28.9. The van der Waals surface area contributed by atoms with Crippen LogP contribution in [0, 0.1) is 12.3 Å². The van der Waals surface area contributed by atoms with Crippen LogP contribution in [0.5, 0.6) is 0 Å². The van der Waals surface area contributed by atoms with Gasteiger partial charge in [0.15, 0.2) is 0 Å². The van der Waals surface area contributed by atoms with Crippen molar-refractivity contribution in [1.82, 2.24) is 54.7 Å². The van der Waals surface area contributed by atoms with E-state index in [1.54, 1.807) is 15.8 Å². The first-order valence-corrected chi connectivity index (χ1v) is 20.8. The number of anilines is 3. The summed E-state index contributed by atoms with van der Waals surface area (Å²) in [4.78, 5) is 49.4. The number of unbranched alkanes of at least 4 members (excludes halogenated alkanes) is 2. The third-order valence-corrected chi connectivity index (χ3v) is 9.99. The Balaban J connectivity index is 0.00000794. The Bertz CT molecular complexity index is 1740. The largest absolute Gasteiger partial charge is 0.396 e. The van der Waals surface area contributed by atoms with E-state index < -0.39 is 6.04 Å². The first-order valence-electron chi connectivity index (χ1n) is 20.8. The summed E-state index contributed by atoms with van der Waals surface area (Å²) in [6.07, 6.45) is 14.4. The summed E-state index contributed by atoms with van der Waals surface area (Å²) in [6, 6.07) is -0.442. The van der Waals surface area contributed by atoms with E-state index >= 15 is 0 Å². The van der Waals surface area contributed by atoms with Gasteiger partial charge in [0.25, 0.3) is 0 Å². The van der Waals surface area contributed by atoms with Crippen LogP contribution in [0.25, 0.3) is 0 Å². The number of nitrogens with two attached hydrogens (primary N) is 1. The monoisotopic (exact) mass is 859 g/mol. The molecule has 332 valence electrons. The average molecular weight is 860 g/mol. The highest BCUT2D eigenvalue weighted by molar-refractivity contribution is 5.85. The van der Waals surface area contributed by atoms with Crippen molar-refractivity contribution in [2.75, 3.05) is 127 Å². The Hall–Kier alpha value is -4.72. The molecule has 0 aliphatic carbocycles. The Morgan fingerprint density at radius 2 is 1.47 bits per heavy atom. The number of carbonyl (C=O) groups excluding carboxylic acids is 2. The molecule has 60 heavy (non-hydrogen) atoms. The fraction of sp³-hybridized carbons (Fsp3) is 0.711. The van der Waals surface area contributed by atoms with Crippen LogP contribution in [0.15, 0.2) is 12.4 Å². The maximum absolute atomic E-state index is 14.0. The summed E-state index contributed by atoms with van der Waals surface area (Å²) in [5.74, 6) is 3.79. The predicted molar refractivity (Wildman–Crippen MR) is 226 cm³/mol. The maximum Gasteiger partial charge on any atom is 0.247 e. The zero-order valence-corrected chi connectivity index (χ0v) is 35.6. The number of amides is 2. The molecule has 2 saturated heterocycles. The standard InChI is InChI=1S/C38H61N15O6.ClH/c1-3-5-8-31-29-53(47-45-31)33(9-6-7-11-39)35(56)49-15-19-51(20-16-49)38-42-36(40-12-23-58-25-27-59-26-24-57-22-4-2)41-37(43-38)50-17-13-48(14-18-50)34(55)30-52-28-32(10-21-54)44-46-52;/h2,28-29,33,54H,3,5-27,30,39H2,1H3,(H,40,41,42,43);1H/t33-;/m0./s1. The minimum absolute atomic E-state index is 0. The van der Waals surface area contributed by atoms with Crippen molar-refractivity contribution in [3.05, 3.63) is 23.8 Å². The molecule has 0 bridgehead atoms. The maximum atomic E-state index is 14.0. The number of hydrogen-bond donors (Lipinski definition) is 3. The van der Waals surface area contributed by atoms with Gasteiger partial charge in [-0.15, -0.1) is 29.0 Å². The average Bonchev–Trinajstić information content (AvgIpc) is 3.93. The lowest BCUT2D eigenvalue weighted by molar-refractivity contribution is -0.135. The molecule has 0 radical (unpaired) electrons. The molecule has 0 spiro atoms. The van der Waals surface area contributed by atoms with E-state index in [1.165, 1.54) is 4.68 Å². The summed E-state index contributed by atoms with van der Waals surface area (Å²) in [6.45, 7) is 9.64. The van der Waals surface area contributed by atoms with E-state index in [1.807, 2.05) is 11.1 Å². The summed E-state index contributed by atoms with van der Waals surface area (Å²) >= 11 is 0. The number of halogens is 1. The highest BCUT2D eigenvalue weighted by Crippen LogP contribution is 2.23. The van der Waals surface area contributed by atoms with Crippen LogP contribution in [-0.2, 0) is 43.2 Å². The van der Waals surface area contributed by atoms with E-state index in [2.05, 4.69) is 48.6 Å². The molecule has 21 nitrogen and oxygen atoms in total. The van der Waals surface area contributed by atoms with Gasteiger partial charge in [-0.25, -0.2) is 9.36 Å². The first kappa shape index (κ1) is 48.0. The molecule has 2 amide bonds. The normalized spacial score (nSPS) is 14.8. The smallest absolute Gasteiger partial charge is 0.247 e. The molecule has 0 saturated carbocycles. The van der Waals surface area contributed by atoms with Crippen molar-refractivity contribution in [2.24, 2.45) is 5.73 Å². The van der Waals surface area contributed by atoms with Gasteiger partial charge < -0.3 is 50.0 Å². The molecule has 4 N–H and O–H groups in total. The quantitative estimate of drug-likeness (QED) is 0.0702. The highest BCUT2D eigenvalue weighted by atomic mass is 35.5. The lowest BCUT2D eigenvalue weighted by Crippen LogP contribution is -2.51. The number of aliphatic hydroxyl groups excluding tert-OH is 1. The number of piperazine rings is 2. The van der Waals surface area contributed by atoms with Crippen molar-refractivity contribution in [1.29, 1.82) is 0 Å². The summed E-state index contributed by atoms with van der Waals surface area (Å²) in [5, 5.41) is 29.2. The molecule has 5 rings (SSSR count). The predicted octanol–water partition coefficient (Wildman–Crippen LogP) is -0.184. The molecule has 1 atom stereocenters. The van der Waals surface area contributed by atoms with E-state index in [0.717, 1.165) is 37.8 Å². The Kier molecular flexibility index (Phi) is 21.2. The van der Waals surface area contributed by atoms with Crippen LogP contribution in [0.1, 0.15) is 56.5 Å². The molecule has 0 unspecified atom stereocenters. The van der Waals surface area contributed by atoms with Crippen molar-refractivity contribution in [3.8, 4) is 12.3 Å². The lowest BCUT2D eigenvalue weighted by atomic mass is 10.1. The van der Waals surface area contributed by atoms with Gasteiger partial charge in [0.05, 0.1) is 44.4 Å². The number of ether oxygens (including phenoxy) is 3. The van der Waals surface area contributed by atoms with Gasteiger partial charge in [0.1, 0.15) is 19.2 Å². The number of hydrogen-bond acceptors (Lipinski definition) is 17. The topological polar surface area (TPSA) is 233 Å². The van der Waals surface area contributed by atoms with Gasteiger partial charge in [-0.05, 0) is 38.6 Å². The Labute approximate surface area is 358 Å². The number of terminal acetylenes is 1. The van der Waals surface area contributed by atoms with Crippen LogP contribution >= 0.6 is 12.4 Å². The third-order valence-electron chi connectivity index (χ3n) is 9.99. The second kappa shape index (κ2) is 26.5. The van der Waals surface area contributed by atoms with Crippen LogP contribution < -0.4 is 20.9 Å². The van der Waals surface area contributed by atoms with Crippen molar-refractivity contribution >= 4 is 42.1 Å². The molecule has 2 aliphatic rings. The molecule has 22 heteroatoms. The molecular formula is C38H62ClN15O6. The zero-order chi connectivity index (χ0) is 41.7. The number of nitrogens with zero attached hydrogens (tertiary/aromatic N) is 13. The molecular weight excluding hydrogens is 798 g/mol. The van der Waals surface area contributed by atoms with Crippen molar-refractivity contribution in [2.45, 2.75) is 64.5 Å². The summed E-state index contributed by atoms with van der Waals surface area (Å²) < 4.78 is 19.7. The number of aromatic nitrogens is 9. The number of nitrogens with one attached hydrogen (secondary N) is 1. The second-order valence-corrected chi connectivity index (χ2v) is 14.3. The lowest BCUT2D eigenvalue weighted by Gasteiger charge is -2.37. The van der Waals surface area contributed by atoms with E-state index in [4.69, 9.17) is 41.3 Å². The van der Waals surface area contributed by atoms with Gasteiger partial charge in [-0.3, -0.25) is 9.59 Å². The third kappa shape index (κ3) is 15.1. The number of aryl methyl sites for hydroxylation is 1. The number of carbonyl (C=O) groups is 2. The van der Waals surface area contributed by atoms with Gasteiger partial charge in [0, 0.05) is 84.3 Å². The fourth-order valence-electron chi connectivity index (χ4n) is 6.69. The van der Waals surface area contributed by atoms with E-state index in [9.17, 15) is 14.7 Å². The number of aliphatic hydroxyl groups is 1. The van der Waals surface area contributed by atoms with Gasteiger partial charge >= 0.3 is 0 Å². The molecule has 5 heterocycles. The van der Waals surface area contributed by atoms with Crippen molar-refractivity contribution < 1.29 is 28.9 Å². The van der Waals surface area contributed by atoms with Crippen LogP contribution in [0.2, 0.25) is 0 Å². The minimum atomic E-state index is -0.442. The summed E-state index contributed by atoms with van der Waals surface area (Å²) in [7, 11) is 0. The van der Waals surface area contributed by atoms with Crippen molar-refractivity contribution in [3.63, 3.8) is 0 Å². The van der Waals surface area contributed by atoms with Gasteiger partial charge in [-0.1, -0.05) is 29.7 Å². The van der Waals surface area contributed by atoms with Crippen LogP contribution in [-0.4, -0.2) is 183 Å². The van der Waals surface area contributed by atoms with Gasteiger partial charge in [-0.2, -0.15) is 15.0 Å². The van der Waals surface area contributed by atoms with Gasteiger partial charge in [0.2, 0.25) is 29.7 Å². The summed E-state index contributed by atoms with van der Waals surface area (Å²) in [5.41, 5.74) is 7.33. The Morgan fingerprint density at radius 3 is 2.12 bits per heavy atom. The number of rotatable bonds is 26. The fourth-order valence-corrected chi connectivity index (χ4v) is 6.69. The zero-order valence-electron chi connectivity index (χ0n) is 34.8. The molecule has 0 aromatic carbocycles. The molecule has 3 aromatic heterocycles. The SMILES string of the molecule is C#CCOCCOCCOCCNc1nc(N2CCN(C(=O)Cn3cc(CCO)nn3)CC2)nc(N2CCN(C(=O)[C@H](CCCCN)n3cc(CCCC)nn3)CC2)n1.Cl. The minimum Gasteiger partial charge on any atom is -0.396 e. The van der Waals surface area contributed by atoms with E-state index in [0.29, 0.717) is 135 Å². The molecule has 2 aliphatic heterocycles.